The van der Waals surface area contributed by atoms with Crippen LogP contribution in [0.4, 0.5) is 8.78 Å². The van der Waals surface area contributed by atoms with Gasteiger partial charge in [-0.15, -0.1) is 0 Å². The maximum absolute atomic E-state index is 12.3. The van der Waals surface area contributed by atoms with Crippen molar-refractivity contribution in [1.29, 1.82) is 0 Å². The molecule has 0 saturated heterocycles. The fourth-order valence-electron chi connectivity index (χ4n) is 3.75. The van der Waals surface area contributed by atoms with Crippen molar-refractivity contribution < 1.29 is 34.3 Å². The first-order valence-corrected chi connectivity index (χ1v) is 20.2. The van der Waals surface area contributed by atoms with Crippen LogP contribution in [0.5, 0.6) is 0 Å². The number of hydrogen-bond donors (Lipinski definition) is 4. The van der Waals surface area contributed by atoms with Crippen molar-refractivity contribution in [2.45, 2.75) is 0 Å². The van der Waals surface area contributed by atoms with Gasteiger partial charge in [0.15, 0.2) is 0 Å². The Morgan fingerprint density at radius 2 is 0.633 bits per heavy atom. The Morgan fingerprint density at radius 3 is 0.837 bits per heavy atom. The molecule has 0 atom stereocenters. The molecular weight excluding hydrogens is 840 g/mol. The third-order valence-corrected chi connectivity index (χ3v) is 13.2. The van der Waals surface area contributed by atoms with Gasteiger partial charge in [-0.05, 0) is 48.5 Å². The summed E-state index contributed by atoms with van der Waals surface area (Å²) in [6, 6.07) is 52.9. The molecule has 0 unspecified atom stereocenters. The normalized spacial score (nSPS) is 9.39. The first-order valence-electron chi connectivity index (χ1n) is 14.5. The number of carbonyl (C=O) groups is 2. The molecule has 248 valence electrons. The van der Waals surface area contributed by atoms with E-state index in [1.54, 1.807) is 0 Å². The van der Waals surface area contributed by atoms with E-state index < -0.39 is 65.7 Å². The van der Waals surface area contributed by atoms with Crippen LogP contribution in [-0.2, 0) is 0 Å². The van der Waals surface area contributed by atoms with Crippen LogP contribution in [0, 0.1) is 11.6 Å². The van der Waals surface area contributed by atoms with E-state index in [1.165, 1.54) is 49.5 Å². The van der Waals surface area contributed by atoms with Gasteiger partial charge in [-0.2, -0.15) is 0 Å². The van der Waals surface area contributed by atoms with Crippen molar-refractivity contribution in [3.05, 3.63) is 193 Å². The molecule has 6 aromatic rings. The molecule has 6 N–H and O–H groups in total. The Kier molecular flexibility index (Phi) is 19.8. The van der Waals surface area contributed by atoms with E-state index >= 15 is 0 Å². The summed E-state index contributed by atoms with van der Waals surface area (Å²) >= 11 is -1.03. The zero-order chi connectivity index (χ0) is 34.4. The molecular formula is C38H34F2N2O5Sn2. The fraction of sp³-hybridized carbons (Fsp3) is 0. The fourth-order valence-corrected chi connectivity index (χ4v) is 9.75. The van der Waals surface area contributed by atoms with Crippen molar-refractivity contribution in [3.8, 4) is 0 Å². The Hall–Kier alpha value is -4.40. The van der Waals surface area contributed by atoms with Gasteiger partial charge in [-0.3, -0.25) is 20.0 Å². The molecule has 0 fully saturated rings. The Labute approximate surface area is 304 Å². The molecule has 0 bridgehead atoms. The monoisotopic (exact) mass is 876 g/mol. The summed E-state index contributed by atoms with van der Waals surface area (Å²) in [6.07, 6.45) is 0. The maximum atomic E-state index is 12.3. The average Bonchev–Trinajstić information content (AvgIpc) is 3.14. The number of hydroxylamine groups is 2. The Morgan fingerprint density at radius 1 is 0.408 bits per heavy atom. The Balaban J connectivity index is 0.000000226. The van der Waals surface area contributed by atoms with E-state index in [4.69, 9.17) is 10.4 Å². The van der Waals surface area contributed by atoms with Crippen molar-refractivity contribution in [2.75, 3.05) is 0 Å². The van der Waals surface area contributed by atoms with Crippen molar-refractivity contribution in [3.63, 3.8) is 0 Å². The van der Waals surface area contributed by atoms with Crippen LogP contribution in [0.2, 0.25) is 0 Å². The van der Waals surface area contributed by atoms with Gasteiger partial charge in [0.2, 0.25) is 0 Å². The van der Waals surface area contributed by atoms with Gasteiger partial charge in [-0.25, -0.2) is 19.7 Å². The summed E-state index contributed by atoms with van der Waals surface area (Å²) in [5, 5.41) is 16.3. The number of hydrogen-bond acceptors (Lipinski definition) is 4. The molecule has 0 aliphatic carbocycles. The van der Waals surface area contributed by atoms with E-state index in [0.29, 0.717) is 0 Å². The quantitative estimate of drug-likeness (QED) is 0.116. The number of nitrogens with one attached hydrogen (secondary N) is 2. The number of carbonyl (C=O) groups excluding carboxylic acids is 2. The van der Waals surface area contributed by atoms with E-state index in [1.807, 2.05) is 0 Å². The van der Waals surface area contributed by atoms with Gasteiger partial charge < -0.3 is 5.48 Å². The molecule has 4 radical (unpaired) electrons. The van der Waals surface area contributed by atoms with Gasteiger partial charge in [-0.1, -0.05) is 0 Å². The molecule has 0 aliphatic heterocycles. The molecule has 0 spiro atoms. The molecule has 0 aliphatic rings. The summed E-state index contributed by atoms with van der Waals surface area (Å²) in [6.45, 7) is 0. The van der Waals surface area contributed by atoms with E-state index in [9.17, 15) is 18.4 Å². The third kappa shape index (κ3) is 16.5. The molecule has 49 heavy (non-hydrogen) atoms. The zero-order valence-corrected chi connectivity index (χ0v) is 31.8. The standard InChI is InChI=1S/2C7H6FNO2.4C6H5.H2O.2Sn/c2*8-6-3-1-5(2-4-6)7(10)9-11;4*1-2-4-6-5-3-1;;;/h2*1-4,11H,(H,9,10);4*1-5H;1H2;;. The van der Waals surface area contributed by atoms with Gasteiger partial charge in [0.25, 0.3) is 11.8 Å². The van der Waals surface area contributed by atoms with Crippen LogP contribution in [-0.4, -0.2) is 70.0 Å². The summed E-state index contributed by atoms with van der Waals surface area (Å²) < 4.78 is 30.7. The Bertz CT molecular complexity index is 1560. The van der Waals surface area contributed by atoms with Crippen LogP contribution in [0.1, 0.15) is 20.7 Å². The predicted molar refractivity (Wildman–Crippen MR) is 191 cm³/mol. The first-order chi connectivity index (χ1) is 23.4. The van der Waals surface area contributed by atoms with Crippen LogP contribution in [0.25, 0.3) is 0 Å². The average molecular weight is 874 g/mol. The van der Waals surface area contributed by atoms with E-state index in [0.717, 1.165) is 24.3 Å². The number of amides is 2. The van der Waals surface area contributed by atoms with E-state index in [2.05, 4.69) is 121 Å². The number of benzene rings is 6. The summed E-state index contributed by atoms with van der Waals surface area (Å²) in [5.41, 5.74) is 3.31. The van der Waals surface area contributed by atoms with Crippen molar-refractivity contribution in [1.82, 2.24) is 11.0 Å². The van der Waals surface area contributed by atoms with Gasteiger partial charge in [0.1, 0.15) is 11.6 Å². The molecule has 0 saturated carbocycles. The van der Waals surface area contributed by atoms with Crippen LogP contribution < -0.4 is 25.3 Å². The number of rotatable bonds is 6. The predicted octanol–water partition coefficient (Wildman–Crippen LogP) is 3.75. The summed E-state index contributed by atoms with van der Waals surface area (Å²) in [5.74, 6) is -2.13. The minimum absolute atomic E-state index is 0. The van der Waals surface area contributed by atoms with E-state index in [-0.39, 0.29) is 16.6 Å². The topological polar surface area (TPSA) is 130 Å². The van der Waals surface area contributed by atoms with Crippen LogP contribution in [0.3, 0.4) is 0 Å². The summed E-state index contributed by atoms with van der Waals surface area (Å²) in [7, 11) is 0. The molecule has 7 nitrogen and oxygen atoms in total. The summed E-state index contributed by atoms with van der Waals surface area (Å²) in [4.78, 5) is 21.3. The van der Waals surface area contributed by atoms with Crippen LogP contribution in [0.15, 0.2) is 170 Å². The van der Waals surface area contributed by atoms with Crippen molar-refractivity contribution in [2.24, 2.45) is 0 Å². The van der Waals surface area contributed by atoms with Gasteiger partial charge in [0, 0.05) is 11.1 Å². The third-order valence-electron chi connectivity index (χ3n) is 6.09. The second kappa shape index (κ2) is 23.8. The molecule has 6 aromatic carbocycles. The second-order valence-corrected chi connectivity index (χ2v) is 17.6. The molecule has 6 rings (SSSR count). The minimum atomic E-state index is -0.648. The molecule has 0 heterocycles. The zero-order valence-electron chi connectivity index (χ0n) is 26.1. The molecule has 2 amide bonds. The van der Waals surface area contributed by atoms with Crippen LogP contribution >= 0.6 is 0 Å². The van der Waals surface area contributed by atoms with Gasteiger partial charge in [0.05, 0.1) is 0 Å². The molecule has 0 aromatic heterocycles. The van der Waals surface area contributed by atoms with Crippen molar-refractivity contribution >= 4 is 68.4 Å². The van der Waals surface area contributed by atoms with Gasteiger partial charge >= 0.3 is 178 Å². The first kappa shape index (κ1) is 40.8. The second-order valence-electron chi connectivity index (χ2n) is 9.61. The number of halogens is 2. The molecule has 11 heteroatoms. The SMILES string of the molecule is O.O=C(NO)c1ccc(F)cc1.O=C(NO)c1ccc(F)cc1.c1cc[c]([Sn][c]2ccccc2)cc1.c1cc[c]([Sn][c]2ccccc2)cc1.